The number of carbonyl (C=O) groups excluding carboxylic acids is 1. The summed E-state index contributed by atoms with van der Waals surface area (Å²) in [6.07, 6.45) is 2.03. The van der Waals surface area contributed by atoms with Crippen LogP contribution in [0.4, 0.5) is 0 Å². The van der Waals surface area contributed by atoms with Crippen LogP contribution in [0, 0.1) is 0 Å². The SMILES string of the molecule is CCCCOC(=O)CN1CCN(CC)C(C)C1. The number of hydrogen-bond acceptors (Lipinski definition) is 4. The van der Waals surface area contributed by atoms with Crippen molar-refractivity contribution >= 4 is 5.97 Å². The highest BCUT2D eigenvalue weighted by Crippen LogP contribution is 2.08. The lowest BCUT2D eigenvalue weighted by molar-refractivity contribution is -0.145. The van der Waals surface area contributed by atoms with Crippen LogP contribution < -0.4 is 0 Å². The molecule has 100 valence electrons. The summed E-state index contributed by atoms with van der Waals surface area (Å²) in [5.41, 5.74) is 0. The van der Waals surface area contributed by atoms with Gasteiger partial charge in [0.05, 0.1) is 13.2 Å². The average Bonchev–Trinajstić information content (AvgIpc) is 2.29. The fraction of sp³-hybridized carbons (Fsp3) is 0.923. The van der Waals surface area contributed by atoms with Crippen LogP contribution in [0.5, 0.6) is 0 Å². The minimum atomic E-state index is -0.0735. The van der Waals surface area contributed by atoms with E-state index in [0.29, 0.717) is 19.2 Å². The summed E-state index contributed by atoms with van der Waals surface area (Å²) in [5, 5.41) is 0. The zero-order valence-corrected chi connectivity index (χ0v) is 11.4. The number of likely N-dealkylation sites (N-methyl/N-ethyl adjacent to an activating group) is 1. The maximum Gasteiger partial charge on any atom is 0.320 e. The third kappa shape index (κ3) is 5.04. The van der Waals surface area contributed by atoms with Gasteiger partial charge in [0, 0.05) is 25.7 Å². The lowest BCUT2D eigenvalue weighted by Gasteiger charge is -2.38. The number of carbonyl (C=O) groups is 1. The predicted octanol–water partition coefficient (Wildman–Crippen LogP) is 1.36. The Morgan fingerprint density at radius 1 is 1.35 bits per heavy atom. The van der Waals surface area contributed by atoms with E-state index in [9.17, 15) is 4.79 Å². The Hall–Kier alpha value is -0.610. The first kappa shape index (κ1) is 14.5. The van der Waals surface area contributed by atoms with E-state index in [1.807, 2.05) is 0 Å². The standard InChI is InChI=1S/C13H26N2O2/c1-4-6-9-17-13(16)11-14-7-8-15(5-2)12(3)10-14/h12H,4-11H2,1-3H3. The third-order valence-electron chi connectivity index (χ3n) is 3.37. The Morgan fingerprint density at radius 2 is 2.12 bits per heavy atom. The number of ether oxygens (including phenoxy) is 1. The van der Waals surface area contributed by atoms with Gasteiger partial charge in [0.15, 0.2) is 0 Å². The van der Waals surface area contributed by atoms with E-state index in [-0.39, 0.29) is 5.97 Å². The van der Waals surface area contributed by atoms with Crippen LogP contribution in [0.2, 0.25) is 0 Å². The second-order valence-corrected chi connectivity index (χ2v) is 4.79. The quantitative estimate of drug-likeness (QED) is 0.520. The third-order valence-corrected chi connectivity index (χ3v) is 3.37. The van der Waals surface area contributed by atoms with E-state index in [2.05, 4.69) is 30.6 Å². The van der Waals surface area contributed by atoms with Crippen LogP contribution in [0.3, 0.4) is 0 Å². The fourth-order valence-corrected chi connectivity index (χ4v) is 2.24. The van der Waals surface area contributed by atoms with Crippen molar-refractivity contribution in [2.24, 2.45) is 0 Å². The Bertz CT molecular complexity index is 233. The molecule has 0 radical (unpaired) electrons. The normalized spacial score (nSPS) is 22.6. The molecule has 0 bridgehead atoms. The minimum Gasteiger partial charge on any atom is -0.465 e. The summed E-state index contributed by atoms with van der Waals surface area (Å²) in [7, 11) is 0. The number of hydrogen-bond donors (Lipinski definition) is 0. The highest BCUT2D eigenvalue weighted by atomic mass is 16.5. The van der Waals surface area contributed by atoms with Gasteiger partial charge in [-0.1, -0.05) is 20.3 Å². The van der Waals surface area contributed by atoms with E-state index >= 15 is 0 Å². The zero-order chi connectivity index (χ0) is 12.7. The van der Waals surface area contributed by atoms with Crippen LogP contribution in [0.1, 0.15) is 33.6 Å². The minimum absolute atomic E-state index is 0.0735. The average molecular weight is 242 g/mol. The van der Waals surface area contributed by atoms with E-state index in [1.165, 1.54) is 0 Å². The van der Waals surface area contributed by atoms with Crippen LogP contribution in [0.25, 0.3) is 0 Å². The smallest absolute Gasteiger partial charge is 0.320 e. The van der Waals surface area contributed by atoms with Gasteiger partial charge in [-0.25, -0.2) is 0 Å². The zero-order valence-electron chi connectivity index (χ0n) is 11.4. The number of rotatable bonds is 6. The van der Waals surface area contributed by atoms with Crippen molar-refractivity contribution in [3.63, 3.8) is 0 Å². The van der Waals surface area contributed by atoms with Crippen molar-refractivity contribution < 1.29 is 9.53 Å². The number of esters is 1. The van der Waals surface area contributed by atoms with Crippen molar-refractivity contribution in [3.05, 3.63) is 0 Å². The Morgan fingerprint density at radius 3 is 2.71 bits per heavy atom. The van der Waals surface area contributed by atoms with E-state index in [4.69, 9.17) is 4.74 Å². The van der Waals surface area contributed by atoms with Gasteiger partial charge in [-0.05, 0) is 19.9 Å². The summed E-state index contributed by atoms with van der Waals surface area (Å²) in [6, 6.07) is 0.539. The Balaban J connectivity index is 2.21. The molecule has 1 saturated heterocycles. The maximum absolute atomic E-state index is 11.6. The van der Waals surface area contributed by atoms with Crippen LogP contribution in [-0.2, 0) is 9.53 Å². The Labute approximate surface area is 105 Å². The highest BCUT2D eigenvalue weighted by molar-refractivity contribution is 5.71. The van der Waals surface area contributed by atoms with Crippen LogP contribution in [-0.4, -0.2) is 61.1 Å². The molecule has 17 heavy (non-hydrogen) atoms. The van der Waals surface area contributed by atoms with Gasteiger partial charge in [-0.15, -0.1) is 0 Å². The molecule has 1 aliphatic rings. The van der Waals surface area contributed by atoms with Crippen LogP contribution >= 0.6 is 0 Å². The first-order chi connectivity index (χ1) is 8.17. The molecule has 1 rings (SSSR count). The van der Waals surface area contributed by atoms with Crippen molar-refractivity contribution in [1.29, 1.82) is 0 Å². The Kier molecular flexibility index (Phi) is 6.52. The van der Waals surface area contributed by atoms with E-state index in [1.54, 1.807) is 0 Å². The summed E-state index contributed by atoms with van der Waals surface area (Å²) >= 11 is 0. The van der Waals surface area contributed by atoms with Gasteiger partial charge in [-0.2, -0.15) is 0 Å². The summed E-state index contributed by atoms with van der Waals surface area (Å²) < 4.78 is 5.18. The number of nitrogens with zero attached hydrogens (tertiary/aromatic N) is 2. The first-order valence-electron chi connectivity index (χ1n) is 6.79. The second-order valence-electron chi connectivity index (χ2n) is 4.79. The first-order valence-corrected chi connectivity index (χ1v) is 6.79. The van der Waals surface area contributed by atoms with Gasteiger partial charge in [-0.3, -0.25) is 14.6 Å². The summed E-state index contributed by atoms with van der Waals surface area (Å²) in [6.45, 7) is 11.6. The molecule has 0 N–H and O–H groups in total. The molecule has 1 fully saturated rings. The summed E-state index contributed by atoms with van der Waals surface area (Å²) in [4.78, 5) is 16.2. The van der Waals surface area contributed by atoms with Crippen molar-refractivity contribution in [2.45, 2.75) is 39.7 Å². The number of unbranched alkanes of at least 4 members (excludes halogenated alkanes) is 1. The molecule has 0 saturated carbocycles. The molecule has 4 heteroatoms. The van der Waals surface area contributed by atoms with Gasteiger partial charge >= 0.3 is 5.97 Å². The van der Waals surface area contributed by atoms with Crippen molar-refractivity contribution in [2.75, 3.05) is 39.3 Å². The van der Waals surface area contributed by atoms with Gasteiger partial charge in [0.2, 0.25) is 0 Å². The highest BCUT2D eigenvalue weighted by Gasteiger charge is 2.23. The molecule has 1 aliphatic heterocycles. The molecule has 0 spiro atoms. The van der Waals surface area contributed by atoms with E-state index < -0.39 is 0 Å². The number of piperazine rings is 1. The van der Waals surface area contributed by atoms with Crippen molar-refractivity contribution in [3.8, 4) is 0 Å². The second kappa shape index (κ2) is 7.67. The van der Waals surface area contributed by atoms with Gasteiger partial charge < -0.3 is 4.74 Å². The molecule has 1 unspecified atom stereocenters. The molecule has 0 amide bonds. The van der Waals surface area contributed by atoms with Crippen molar-refractivity contribution in [1.82, 2.24) is 9.80 Å². The summed E-state index contributed by atoms with van der Waals surface area (Å²) in [5.74, 6) is -0.0735. The van der Waals surface area contributed by atoms with Gasteiger partial charge in [0.1, 0.15) is 0 Å². The maximum atomic E-state index is 11.6. The molecule has 0 aromatic carbocycles. The molecular formula is C13H26N2O2. The lowest BCUT2D eigenvalue weighted by Crippen LogP contribution is -2.52. The molecule has 1 heterocycles. The topological polar surface area (TPSA) is 32.8 Å². The fourth-order valence-electron chi connectivity index (χ4n) is 2.24. The lowest BCUT2D eigenvalue weighted by atomic mass is 10.2. The monoisotopic (exact) mass is 242 g/mol. The molecule has 0 aliphatic carbocycles. The molecule has 0 aromatic rings. The van der Waals surface area contributed by atoms with E-state index in [0.717, 1.165) is 39.0 Å². The molecule has 0 aromatic heterocycles. The molecule has 1 atom stereocenters. The predicted molar refractivity (Wildman–Crippen MR) is 69.0 cm³/mol. The molecular weight excluding hydrogens is 216 g/mol. The van der Waals surface area contributed by atoms with Crippen LogP contribution in [0.15, 0.2) is 0 Å². The largest absolute Gasteiger partial charge is 0.465 e. The molecule has 4 nitrogen and oxygen atoms in total. The van der Waals surface area contributed by atoms with Gasteiger partial charge in [0.25, 0.3) is 0 Å².